The lowest BCUT2D eigenvalue weighted by atomic mass is 10.1. The molecule has 0 amide bonds. The first-order chi connectivity index (χ1) is 15.1. The molecular weight excluding hydrogens is 396 g/mol. The van der Waals surface area contributed by atoms with Gasteiger partial charge in [0.1, 0.15) is 18.2 Å². The monoisotopic (exact) mass is 418 g/mol. The maximum Gasteiger partial charge on any atom is 0.358 e. The molecule has 0 radical (unpaired) electrons. The van der Waals surface area contributed by atoms with Crippen molar-refractivity contribution in [2.45, 2.75) is 6.67 Å². The molecule has 158 valence electrons. The van der Waals surface area contributed by atoms with E-state index in [1.807, 2.05) is 59.3 Å². The Morgan fingerprint density at radius 3 is 2.23 bits per heavy atom. The average Bonchev–Trinajstić information content (AvgIpc) is 3.46. The number of esters is 1. The molecule has 0 N–H and O–H groups in total. The molecule has 0 unspecified atom stereocenters. The average molecular weight is 418 g/mol. The molecular formula is C23H22N4O4. The third-order valence-corrected chi connectivity index (χ3v) is 4.83. The Morgan fingerprint density at radius 1 is 0.871 bits per heavy atom. The number of carbonyl (C=O) groups excluding carboxylic acids is 1. The van der Waals surface area contributed by atoms with Crippen LogP contribution in [0.25, 0.3) is 22.5 Å². The minimum atomic E-state index is -0.482. The maximum absolute atomic E-state index is 11.7. The van der Waals surface area contributed by atoms with Crippen LogP contribution in [0.3, 0.4) is 0 Å². The fourth-order valence-electron chi connectivity index (χ4n) is 3.25. The molecule has 0 saturated carbocycles. The predicted octanol–water partition coefficient (Wildman–Crippen LogP) is 3.72. The fraction of sp³-hybridized carbons (Fsp3) is 0.174. The largest absolute Gasteiger partial charge is 0.497 e. The van der Waals surface area contributed by atoms with Crippen molar-refractivity contribution in [3.05, 3.63) is 72.6 Å². The number of rotatable bonds is 7. The van der Waals surface area contributed by atoms with Gasteiger partial charge < -0.3 is 14.2 Å². The highest BCUT2D eigenvalue weighted by Crippen LogP contribution is 2.30. The number of hydrogen-bond acceptors (Lipinski definition) is 6. The number of ether oxygens (including phenoxy) is 3. The molecule has 4 aromatic rings. The summed E-state index contributed by atoms with van der Waals surface area (Å²) in [5.41, 5.74) is 3.79. The van der Waals surface area contributed by atoms with E-state index in [4.69, 9.17) is 19.3 Å². The van der Waals surface area contributed by atoms with Crippen LogP contribution >= 0.6 is 0 Å². The van der Waals surface area contributed by atoms with Crippen molar-refractivity contribution in [2.75, 3.05) is 21.3 Å². The molecule has 0 atom stereocenters. The predicted molar refractivity (Wildman–Crippen MR) is 115 cm³/mol. The van der Waals surface area contributed by atoms with Gasteiger partial charge in [0.15, 0.2) is 5.69 Å². The Hall–Kier alpha value is -4.07. The van der Waals surface area contributed by atoms with Crippen LogP contribution in [0.4, 0.5) is 0 Å². The van der Waals surface area contributed by atoms with Crippen molar-refractivity contribution in [3.63, 3.8) is 0 Å². The highest BCUT2D eigenvalue weighted by molar-refractivity contribution is 5.86. The van der Waals surface area contributed by atoms with E-state index in [9.17, 15) is 4.79 Å². The third-order valence-electron chi connectivity index (χ3n) is 4.83. The summed E-state index contributed by atoms with van der Waals surface area (Å²) in [4.78, 5) is 11.7. The molecule has 2 aromatic heterocycles. The van der Waals surface area contributed by atoms with E-state index in [0.717, 1.165) is 34.0 Å². The van der Waals surface area contributed by atoms with Gasteiger partial charge in [-0.25, -0.2) is 9.48 Å². The van der Waals surface area contributed by atoms with Crippen molar-refractivity contribution in [2.24, 2.45) is 0 Å². The zero-order valence-corrected chi connectivity index (χ0v) is 17.5. The summed E-state index contributed by atoms with van der Waals surface area (Å²) in [5.74, 6) is 1.02. The first-order valence-electron chi connectivity index (χ1n) is 9.59. The molecule has 2 aromatic carbocycles. The molecule has 0 bridgehead atoms. The number of benzene rings is 2. The van der Waals surface area contributed by atoms with E-state index in [1.54, 1.807) is 31.2 Å². The second-order valence-electron chi connectivity index (χ2n) is 6.75. The van der Waals surface area contributed by atoms with E-state index < -0.39 is 5.97 Å². The quantitative estimate of drug-likeness (QED) is 0.426. The van der Waals surface area contributed by atoms with Crippen LogP contribution in [-0.4, -0.2) is 46.9 Å². The molecule has 0 aliphatic carbocycles. The van der Waals surface area contributed by atoms with Crippen molar-refractivity contribution in [1.82, 2.24) is 19.6 Å². The topological polar surface area (TPSA) is 80.4 Å². The number of carbonyl (C=O) groups is 1. The van der Waals surface area contributed by atoms with Gasteiger partial charge in [-0.1, -0.05) is 24.3 Å². The van der Waals surface area contributed by atoms with Crippen LogP contribution in [0.5, 0.6) is 11.5 Å². The minimum Gasteiger partial charge on any atom is -0.497 e. The number of aromatic nitrogens is 4. The normalized spacial score (nSPS) is 10.7. The molecule has 8 nitrogen and oxygen atoms in total. The van der Waals surface area contributed by atoms with Gasteiger partial charge in [-0.15, -0.1) is 0 Å². The van der Waals surface area contributed by atoms with Crippen LogP contribution in [0, 0.1) is 0 Å². The first-order valence-corrected chi connectivity index (χ1v) is 9.59. The number of hydrogen-bond donors (Lipinski definition) is 0. The molecule has 0 aliphatic heterocycles. The summed E-state index contributed by atoms with van der Waals surface area (Å²) in [6.45, 7) is 0.313. The van der Waals surface area contributed by atoms with Crippen LogP contribution in [0.15, 0.2) is 66.9 Å². The molecule has 0 aliphatic rings. The molecule has 0 fully saturated rings. The summed E-state index contributed by atoms with van der Waals surface area (Å²) >= 11 is 0. The van der Waals surface area contributed by atoms with Crippen LogP contribution < -0.4 is 9.47 Å². The molecule has 31 heavy (non-hydrogen) atoms. The second kappa shape index (κ2) is 8.74. The van der Waals surface area contributed by atoms with Gasteiger partial charge >= 0.3 is 5.97 Å². The second-order valence-corrected chi connectivity index (χ2v) is 6.75. The Balaban J connectivity index is 1.77. The smallest absolute Gasteiger partial charge is 0.358 e. The third kappa shape index (κ3) is 4.28. The molecule has 8 heteroatoms. The van der Waals surface area contributed by atoms with Gasteiger partial charge in [-0.05, 0) is 36.4 Å². The molecule has 0 spiro atoms. The number of methoxy groups -OCH3 is 3. The highest BCUT2D eigenvalue weighted by Gasteiger charge is 2.15. The lowest BCUT2D eigenvalue weighted by Gasteiger charge is -2.09. The lowest BCUT2D eigenvalue weighted by Crippen LogP contribution is -2.13. The maximum atomic E-state index is 11.7. The van der Waals surface area contributed by atoms with Gasteiger partial charge in [-0.3, -0.25) is 4.68 Å². The Morgan fingerprint density at radius 2 is 1.55 bits per heavy atom. The van der Waals surface area contributed by atoms with E-state index in [2.05, 4.69) is 5.10 Å². The van der Waals surface area contributed by atoms with Crippen molar-refractivity contribution < 1.29 is 19.0 Å². The standard InChI is InChI=1S/C23H22N4O4/c1-29-18-8-4-6-16(12-18)21-14-22(17-7-5-9-19(13-17)30-2)27(25-21)15-26-11-10-20(24-26)23(28)31-3/h4-14H,15H2,1-3H3. The van der Waals surface area contributed by atoms with Gasteiger partial charge in [0, 0.05) is 17.3 Å². The van der Waals surface area contributed by atoms with E-state index in [1.165, 1.54) is 7.11 Å². The van der Waals surface area contributed by atoms with Crippen molar-refractivity contribution in [1.29, 1.82) is 0 Å². The van der Waals surface area contributed by atoms with Crippen molar-refractivity contribution in [3.8, 4) is 34.0 Å². The minimum absolute atomic E-state index is 0.241. The molecule has 4 rings (SSSR count). The summed E-state index contributed by atoms with van der Waals surface area (Å²) in [5, 5.41) is 9.09. The van der Waals surface area contributed by atoms with Crippen LogP contribution in [0.1, 0.15) is 10.5 Å². The van der Waals surface area contributed by atoms with Gasteiger partial charge in [0.05, 0.1) is 32.7 Å². The summed E-state index contributed by atoms with van der Waals surface area (Å²) < 4.78 is 18.9. The molecule has 0 saturated heterocycles. The zero-order valence-electron chi connectivity index (χ0n) is 17.5. The highest BCUT2D eigenvalue weighted by atomic mass is 16.5. The van der Waals surface area contributed by atoms with E-state index in [-0.39, 0.29) is 5.69 Å². The summed E-state index contributed by atoms with van der Waals surface area (Å²) in [6.07, 6.45) is 1.72. The van der Waals surface area contributed by atoms with Gasteiger partial charge in [0.25, 0.3) is 0 Å². The Labute approximate surface area is 179 Å². The number of nitrogens with zero attached hydrogens (tertiary/aromatic N) is 4. The zero-order chi connectivity index (χ0) is 21.8. The van der Waals surface area contributed by atoms with E-state index in [0.29, 0.717) is 6.67 Å². The summed E-state index contributed by atoms with van der Waals surface area (Å²) in [6, 6.07) is 19.1. The van der Waals surface area contributed by atoms with Gasteiger partial charge in [0.2, 0.25) is 0 Å². The first kappa shape index (κ1) is 20.2. The SMILES string of the molecule is COC(=O)c1ccn(Cn2nc(-c3cccc(OC)c3)cc2-c2cccc(OC)c2)n1. The Kier molecular flexibility index (Phi) is 5.70. The van der Waals surface area contributed by atoms with Crippen LogP contribution in [-0.2, 0) is 11.4 Å². The van der Waals surface area contributed by atoms with Gasteiger partial charge in [-0.2, -0.15) is 10.2 Å². The Bertz CT molecular complexity index is 1210. The molecule has 2 heterocycles. The van der Waals surface area contributed by atoms with E-state index >= 15 is 0 Å². The summed E-state index contributed by atoms with van der Waals surface area (Å²) in [7, 11) is 4.60. The van der Waals surface area contributed by atoms with Crippen LogP contribution in [0.2, 0.25) is 0 Å². The van der Waals surface area contributed by atoms with Crippen molar-refractivity contribution >= 4 is 5.97 Å². The lowest BCUT2D eigenvalue weighted by molar-refractivity contribution is 0.0593. The fourth-order valence-corrected chi connectivity index (χ4v) is 3.25.